The Morgan fingerprint density at radius 3 is 2.21 bits per heavy atom. The van der Waals surface area contributed by atoms with E-state index in [9.17, 15) is 0 Å². The van der Waals surface area contributed by atoms with Gasteiger partial charge in [-0.15, -0.1) is 6.58 Å². The molecule has 3 heteroatoms. The molecule has 112 valence electrons. The van der Waals surface area contributed by atoms with Crippen molar-refractivity contribution in [3.05, 3.63) is 12.7 Å². The Balaban J connectivity index is 3.16. The lowest BCUT2D eigenvalue weighted by molar-refractivity contribution is -0.00916. The van der Waals surface area contributed by atoms with Crippen LogP contribution in [0.1, 0.15) is 34.1 Å². The Kier molecular flexibility index (Phi) is 5.60. The standard InChI is InChI=1S/C16H32N2O/c1-9-16(17-6)14(18(7)8)13(10-11(2)3)19-15(16)12(4)5/h9,11-15,17H,1,10H2,2-8H3/t13-,14-,15+,16-/m1/s1. The first-order valence-corrected chi connectivity index (χ1v) is 7.44. The van der Waals surface area contributed by atoms with Crippen molar-refractivity contribution in [2.24, 2.45) is 11.8 Å². The van der Waals surface area contributed by atoms with E-state index in [1.165, 1.54) is 0 Å². The van der Waals surface area contributed by atoms with Gasteiger partial charge in [0.15, 0.2) is 0 Å². The van der Waals surface area contributed by atoms with Gasteiger partial charge in [-0.25, -0.2) is 0 Å². The van der Waals surface area contributed by atoms with Crippen molar-refractivity contribution in [3.8, 4) is 0 Å². The molecule has 1 aliphatic heterocycles. The fourth-order valence-electron chi connectivity index (χ4n) is 3.60. The minimum absolute atomic E-state index is 0.169. The van der Waals surface area contributed by atoms with Crippen LogP contribution in [0.25, 0.3) is 0 Å². The van der Waals surface area contributed by atoms with Crippen LogP contribution >= 0.6 is 0 Å². The van der Waals surface area contributed by atoms with Crippen LogP contribution in [0.4, 0.5) is 0 Å². The molecule has 0 saturated carbocycles. The number of nitrogens with one attached hydrogen (secondary N) is 1. The minimum Gasteiger partial charge on any atom is -0.371 e. The fourth-order valence-corrected chi connectivity index (χ4v) is 3.60. The summed E-state index contributed by atoms with van der Waals surface area (Å²) in [5.74, 6) is 1.10. The molecule has 0 spiro atoms. The maximum Gasteiger partial charge on any atom is 0.0836 e. The molecule has 4 atom stereocenters. The van der Waals surface area contributed by atoms with Gasteiger partial charge in [-0.05, 0) is 39.4 Å². The van der Waals surface area contributed by atoms with Crippen molar-refractivity contribution in [1.82, 2.24) is 10.2 Å². The Hall–Kier alpha value is -0.380. The van der Waals surface area contributed by atoms with Crippen LogP contribution in [0.5, 0.6) is 0 Å². The molecule has 1 saturated heterocycles. The smallest absolute Gasteiger partial charge is 0.0836 e. The average Bonchev–Trinajstić information content (AvgIpc) is 2.63. The average molecular weight is 268 g/mol. The summed E-state index contributed by atoms with van der Waals surface area (Å²) in [6.45, 7) is 13.1. The van der Waals surface area contributed by atoms with Crippen molar-refractivity contribution < 1.29 is 4.74 Å². The highest BCUT2D eigenvalue weighted by Gasteiger charge is 2.55. The van der Waals surface area contributed by atoms with Gasteiger partial charge in [-0.2, -0.15) is 0 Å². The zero-order valence-electron chi connectivity index (χ0n) is 13.7. The third-order valence-electron chi connectivity index (χ3n) is 4.27. The van der Waals surface area contributed by atoms with Crippen molar-refractivity contribution in [3.63, 3.8) is 0 Å². The van der Waals surface area contributed by atoms with E-state index in [-0.39, 0.29) is 17.7 Å². The molecule has 0 aromatic rings. The van der Waals surface area contributed by atoms with E-state index in [1.54, 1.807) is 0 Å². The Bertz CT molecular complexity index is 301. The zero-order chi connectivity index (χ0) is 14.8. The molecule has 0 aromatic carbocycles. The molecule has 3 nitrogen and oxygen atoms in total. The second-order valence-corrected chi connectivity index (χ2v) is 6.76. The van der Waals surface area contributed by atoms with Gasteiger partial charge >= 0.3 is 0 Å². The topological polar surface area (TPSA) is 24.5 Å². The van der Waals surface area contributed by atoms with E-state index in [0.717, 1.165) is 6.42 Å². The lowest BCUT2D eigenvalue weighted by Crippen LogP contribution is -2.62. The molecule has 0 aliphatic carbocycles. The number of nitrogens with zero attached hydrogens (tertiary/aromatic N) is 1. The molecule has 1 aliphatic rings. The van der Waals surface area contributed by atoms with E-state index >= 15 is 0 Å². The molecule has 0 unspecified atom stereocenters. The minimum atomic E-state index is -0.169. The monoisotopic (exact) mass is 268 g/mol. The van der Waals surface area contributed by atoms with Gasteiger partial charge < -0.3 is 15.0 Å². The summed E-state index contributed by atoms with van der Waals surface area (Å²) in [5.41, 5.74) is -0.169. The third-order valence-corrected chi connectivity index (χ3v) is 4.27. The highest BCUT2D eigenvalue weighted by Crippen LogP contribution is 2.40. The quantitative estimate of drug-likeness (QED) is 0.749. The predicted octanol–water partition coefficient (Wildman–Crippen LogP) is 2.53. The summed E-state index contributed by atoms with van der Waals surface area (Å²) in [4.78, 5) is 2.29. The lowest BCUT2D eigenvalue weighted by Gasteiger charge is -2.41. The zero-order valence-corrected chi connectivity index (χ0v) is 13.7. The van der Waals surface area contributed by atoms with Crippen molar-refractivity contribution in [2.45, 2.75) is 57.9 Å². The summed E-state index contributed by atoms with van der Waals surface area (Å²) < 4.78 is 6.43. The Labute approximate surface area is 119 Å². The predicted molar refractivity (Wildman–Crippen MR) is 82.4 cm³/mol. The van der Waals surface area contributed by atoms with Gasteiger partial charge in [0.25, 0.3) is 0 Å². The molecule has 19 heavy (non-hydrogen) atoms. The maximum absolute atomic E-state index is 6.43. The molecule has 0 aromatic heterocycles. The lowest BCUT2D eigenvalue weighted by atomic mass is 9.78. The van der Waals surface area contributed by atoms with Crippen LogP contribution in [-0.4, -0.2) is 49.8 Å². The highest BCUT2D eigenvalue weighted by molar-refractivity contribution is 5.21. The van der Waals surface area contributed by atoms with Gasteiger partial charge in [0.1, 0.15) is 0 Å². The van der Waals surface area contributed by atoms with E-state index in [4.69, 9.17) is 4.74 Å². The number of rotatable bonds is 6. The molecule has 0 radical (unpaired) electrons. The SMILES string of the molecule is C=C[C@]1(NC)[C@H](C(C)C)O[C@H](CC(C)C)[C@H]1N(C)C. The second-order valence-electron chi connectivity index (χ2n) is 6.76. The van der Waals surface area contributed by atoms with E-state index in [1.807, 2.05) is 7.05 Å². The van der Waals surface area contributed by atoms with E-state index in [2.05, 4.69) is 64.7 Å². The van der Waals surface area contributed by atoms with Crippen LogP contribution < -0.4 is 5.32 Å². The van der Waals surface area contributed by atoms with Crippen LogP contribution in [0.2, 0.25) is 0 Å². The molecule has 1 fully saturated rings. The second kappa shape index (κ2) is 6.38. The summed E-state index contributed by atoms with van der Waals surface area (Å²) in [5, 5.41) is 3.51. The van der Waals surface area contributed by atoms with Crippen LogP contribution in [0.15, 0.2) is 12.7 Å². The molecule has 0 bridgehead atoms. The number of likely N-dealkylation sites (N-methyl/N-ethyl adjacent to an activating group) is 2. The first-order chi connectivity index (χ1) is 8.80. The summed E-state index contributed by atoms with van der Waals surface area (Å²) in [6.07, 6.45) is 3.57. The molecule has 1 rings (SSSR count). The number of ether oxygens (including phenoxy) is 1. The summed E-state index contributed by atoms with van der Waals surface area (Å²) in [7, 11) is 6.30. The number of hydrogen-bond acceptors (Lipinski definition) is 3. The first-order valence-electron chi connectivity index (χ1n) is 7.44. The molecule has 1 heterocycles. The van der Waals surface area contributed by atoms with Crippen LogP contribution in [0.3, 0.4) is 0 Å². The normalized spacial score (nSPS) is 35.6. The number of hydrogen-bond donors (Lipinski definition) is 1. The van der Waals surface area contributed by atoms with Gasteiger partial charge in [0, 0.05) is 0 Å². The third kappa shape index (κ3) is 3.04. The molecule has 0 amide bonds. The maximum atomic E-state index is 6.43. The highest BCUT2D eigenvalue weighted by atomic mass is 16.5. The van der Waals surface area contributed by atoms with E-state index in [0.29, 0.717) is 17.9 Å². The van der Waals surface area contributed by atoms with Crippen molar-refractivity contribution in [1.29, 1.82) is 0 Å². The molecule has 1 N–H and O–H groups in total. The van der Waals surface area contributed by atoms with Crippen molar-refractivity contribution >= 4 is 0 Å². The van der Waals surface area contributed by atoms with Gasteiger partial charge in [0.2, 0.25) is 0 Å². The Morgan fingerprint density at radius 1 is 1.32 bits per heavy atom. The van der Waals surface area contributed by atoms with Crippen LogP contribution in [-0.2, 0) is 4.74 Å². The van der Waals surface area contributed by atoms with Crippen LogP contribution in [0, 0.1) is 11.8 Å². The van der Waals surface area contributed by atoms with Gasteiger partial charge in [-0.3, -0.25) is 0 Å². The molecular formula is C16H32N2O. The Morgan fingerprint density at radius 2 is 1.89 bits per heavy atom. The molecular weight excluding hydrogens is 236 g/mol. The van der Waals surface area contributed by atoms with E-state index < -0.39 is 0 Å². The summed E-state index contributed by atoms with van der Waals surface area (Å²) >= 11 is 0. The van der Waals surface area contributed by atoms with Crippen molar-refractivity contribution in [2.75, 3.05) is 21.1 Å². The first kappa shape index (κ1) is 16.7. The largest absolute Gasteiger partial charge is 0.371 e. The van der Waals surface area contributed by atoms with Gasteiger partial charge in [-0.1, -0.05) is 33.8 Å². The fraction of sp³-hybridized carbons (Fsp3) is 0.875. The van der Waals surface area contributed by atoms with Gasteiger partial charge in [0.05, 0.1) is 23.8 Å². The summed E-state index contributed by atoms with van der Waals surface area (Å²) in [6, 6.07) is 0.324.